The van der Waals surface area contributed by atoms with Crippen molar-refractivity contribution in [3.8, 4) is 0 Å². The van der Waals surface area contributed by atoms with Crippen molar-refractivity contribution in [3.63, 3.8) is 0 Å². The number of halogens is 1. The molecule has 162 valence electrons. The summed E-state index contributed by atoms with van der Waals surface area (Å²) in [5.74, 6) is -0.829. The van der Waals surface area contributed by atoms with Crippen LogP contribution in [0.15, 0.2) is 33.6 Å². The molecular weight excluding hydrogens is 472 g/mol. The number of sulfonamides is 1. The van der Waals surface area contributed by atoms with Crippen LogP contribution in [0.25, 0.3) is 0 Å². The van der Waals surface area contributed by atoms with Gasteiger partial charge >= 0.3 is 5.97 Å². The molecule has 1 aromatic heterocycles. The molecule has 1 saturated carbocycles. The first-order valence-corrected chi connectivity index (χ1v) is 12.0. The largest absolute Gasteiger partial charge is 0.461 e. The maximum atomic E-state index is 13.2. The van der Waals surface area contributed by atoms with Crippen LogP contribution in [0.1, 0.15) is 51.9 Å². The van der Waals surface area contributed by atoms with Crippen LogP contribution in [0.2, 0.25) is 0 Å². The first-order chi connectivity index (χ1) is 14.1. The van der Waals surface area contributed by atoms with E-state index in [2.05, 4.69) is 15.9 Å². The fourth-order valence-corrected chi connectivity index (χ4v) is 5.52. The standard InChI is InChI=1S/C21H25BrN2O5S/c1-5-29-21(26)20-13(2)19(14(3)23(20)4)18(25)12-24(16-8-9-16)30(27,28)17-10-6-15(22)7-11-17/h6-7,10-11,16H,5,8-9,12H2,1-4H3. The number of nitrogens with zero attached hydrogens (tertiary/aromatic N) is 2. The van der Waals surface area contributed by atoms with Gasteiger partial charge in [-0.2, -0.15) is 4.31 Å². The molecule has 0 aliphatic heterocycles. The summed E-state index contributed by atoms with van der Waals surface area (Å²) >= 11 is 3.31. The molecular formula is C21H25BrN2O5S. The molecule has 7 nitrogen and oxygen atoms in total. The van der Waals surface area contributed by atoms with E-state index >= 15 is 0 Å². The molecule has 30 heavy (non-hydrogen) atoms. The minimum Gasteiger partial charge on any atom is -0.461 e. The molecule has 0 radical (unpaired) electrons. The molecule has 0 atom stereocenters. The second kappa shape index (κ2) is 8.64. The number of benzene rings is 1. The highest BCUT2D eigenvalue weighted by atomic mass is 79.9. The van der Waals surface area contributed by atoms with Gasteiger partial charge in [0.25, 0.3) is 0 Å². The van der Waals surface area contributed by atoms with Gasteiger partial charge in [-0.15, -0.1) is 0 Å². The minimum absolute atomic E-state index is 0.152. The van der Waals surface area contributed by atoms with E-state index in [-0.39, 0.29) is 29.9 Å². The van der Waals surface area contributed by atoms with Crippen LogP contribution in [0.5, 0.6) is 0 Å². The highest BCUT2D eigenvalue weighted by Crippen LogP contribution is 2.33. The Labute approximate surface area is 185 Å². The van der Waals surface area contributed by atoms with Gasteiger partial charge < -0.3 is 9.30 Å². The Hall–Kier alpha value is -1.97. The predicted octanol–water partition coefficient (Wildman–Crippen LogP) is 3.62. The fraction of sp³-hybridized carbons (Fsp3) is 0.429. The van der Waals surface area contributed by atoms with Gasteiger partial charge in [0.15, 0.2) is 5.78 Å². The van der Waals surface area contributed by atoms with Crippen molar-refractivity contribution in [2.24, 2.45) is 7.05 Å². The van der Waals surface area contributed by atoms with Crippen LogP contribution in [-0.2, 0) is 21.8 Å². The molecule has 1 aliphatic carbocycles. The van der Waals surface area contributed by atoms with E-state index in [0.717, 1.165) is 17.3 Å². The van der Waals surface area contributed by atoms with E-state index < -0.39 is 16.0 Å². The Kier molecular flexibility index (Phi) is 6.54. The molecule has 3 rings (SSSR count). The number of rotatable bonds is 8. The summed E-state index contributed by atoms with van der Waals surface area (Å²) < 4.78 is 35.2. The lowest BCUT2D eigenvalue weighted by molar-refractivity contribution is 0.0514. The number of hydrogen-bond acceptors (Lipinski definition) is 5. The first-order valence-electron chi connectivity index (χ1n) is 9.73. The Morgan fingerprint density at radius 1 is 1.20 bits per heavy atom. The van der Waals surface area contributed by atoms with E-state index in [1.807, 2.05) is 0 Å². The Morgan fingerprint density at radius 2 is 1.80 bits per heavy atom. The van der Waals surface area contributed by atoms with Gasteiger partial charge in [-0.3, -0.25) is 4.79 Å². The molecule has 0 unspecified atom stereocenters. The zero-order chi connectivity index (χ0) is 22.2. The summed E-state index contributed by atoms with van der Waals surface area (Å²) in [6, 6.07) is 6.19. The summed E-state index contributed by atoms with van der Waals surface area (Å²) in [6.45, 7) is 5.12. The highest BCUT2D eigenvalue weighted by molar-refractivity contribution is 9.10. The van der Waals surface area contributed by atoms with Crippen LogP contribution >= 0.6 is 15.9 Å². The van der Waals surface area contributed by atoms with Crippen LogP contribution in [0.3, 0.4) is 0 Å². The molecule has 2 aromatic rings. The van der Waals surface area contributed by atoms with Crippen molar-refractivity contribution in [1.29, 1.82) is 0 Å². The lowest BCUT2D eigenvalue weighted by atomic mass is 10.1. The van der Waals surface area contributed by atoms with E-state index in [4.69, 9.17) is 4.74 Å². The number of hydrogen-bond donors (Lipinski definition) is 0. The molecule has 0 spiro atoms. The fourth-order valence-electron chi connectivity index (χ4n) is 3.61. The average Bonchev–Trinajstić information content (AvgIpc) is 3.48. The quantitative estimate of drug-likeness (QED) is 0.411. The summed E-state index contributed by atoms with van der Waals surface area (Å²) in [5.41, 5.74) is 1.80. The maximum absolute atomic E-state index is 13.2. The van der Waals surface area contributed by atoms with Gasteiger partial charge in [0.05, 0.1) is 18.0 Å². The van der Waals surface area contributed by atoms with Gasteiger partial charge in [0, 0.05) is 28.8 Å². The van der Waals surface area contributed by atoms with Gasteiger partial charge in [0.1, 0.15) is 5.69 Å². The Morgan fingerprint density at radius 3 is 2.33 bits per heavy atom. The van der Waals surface area contributed by atoms with Crippen molar-refractivity contribution in [1.82, 2.24) is 8.87 Å². The van der Waals surface area contributed by atoms with E-state index in [1.54, 1.807) is 44.5 Å². The van der Waals surface area contributed by atoms with Crippen molar-refractivity contribution >= 4 is 37.7 Å². The van der Waals surface area contributed by atoms with Crippen LogP contribution in [-0.4, -0.2) is 48.2 Å². The summed E-state index contributed by atoms with van der Waals surface area (Å²) in [7, 11) is -2.12. The molecule has 0 amide bonds. The van der Waals surface area contributed by atoms with Crippen molar-refractivity contribution in [2.75, 3.05) is 13.2 Å². The van der Waals surface area contributed by atoms with Crippen LogP contribution in [0, 0.1) is 13.8 Å². The molecule has 1 aromatic carbocycles. The summed E-state index contributed by atoms with van der Waals surface area (Å²) in [5, 5.41) is 0. The zero-order valence-corrected chi connectivity index (χ0v) is 19.8. The molecule has 1 heterocycles. The maximum Gasteiger partial charge on any atom is 0.355 e. The molecule has 0 N–H and O–H groups in total. The molecule has 9 heteroatoms. The summed E-state index contributed by atoms with van der Waals surface area (Å²) in [6.07, 6.45) is 1.45. The topological polar surface area (TPSA) is 85.7 Å². The number of aromatic nitrogens is 1. The predicted molar refractivity (Wildman–Crippen MR) is 116 cm³/mol. The van der Waals surface area contributed by atoms with E-state index in [9.17, 15) is 18.0 Å². The van der Waals surface area contributed by atoms with Crippen molar-refractivity contribution in [2.45, 2.75) is 44.6 Å². The lowest BCUT2D eigenvalue weighted by Crippen LogP contribution is -2.37. The van der Waals surface area contributed by atoms with Gasteiger partial charge in [-0.1, -0.05) is 15.9 Å². The van der Waals surface area contributed by atoms with E-state index in [0.29, 0.717) is 22.5 Å². The van der Waals surface area contributed by atoms with Crippen LogP contribution < -0.4 is 0 Å². The SMILES string of the molecule is CCOC(=O)c1c(C)c(C(=O)CN(C2CC2)S(=O)(=O)c2ccc(Br)cc2)c(C)n1C. The molecule has 1 aliphatic rings. The van der Waals surface area contributed by atoms with Gasteiger partial charge in [-0.25, -0.2) is 13.2 Å². The Balaban J connectivity index is 1.95. The normalized spacial score (nSPS) is 14.2. The Bertz CT molecular complexity index is 1090. The number of carbonyl (C=O) groups excluding carboxylic acids is 2. The minimum atomic E-state index is -3.82. The number of Topliss-reactive ketones (excluding diaryl/α,β-unsaturated/α-hetero) is 1. The third-order valence-corrected chi connectivity index (χ3v) is 7.79. The number of ketones is 1. The monoisotopic (exact) mass is 496 g/mol. The van der Waals surface area contributed by atoms with Crippen molar-refractivity contribution < 1.29 is 22.7 Å². The molecule has 0 bridgehead atoms. The number of carbonyl (C=O) groups is 2. The van der Waals surface area contributed by atoms with Gasteiger partial charge in [-0.05, 0) is 63.4 Å². The molecule has 1 fully saturated rings. The smallest absolute Gasteiger partial charge is 0.355 e. The lowest BCUT2D eigenvalue weighted by Gasteiger charge is -2.21. The van der Waals surface area contributed by atoms with Crippen LogP contribution in [0.4, 0.5) is 0 Å². The average molecular weight is 497 g/mol. The number of ether oxygens (including phenoxy) is 1. The molecule has 0 saturated heterocycles. The summed E-state index contributed by atoms with van der Waals surface area (Å²) in [4.78, 5) is 25.7. The number of esters is 1. The first kappa shape index (κ1) is 22.7. The van der Waals surface area contributed by atoms with Crippen molar-refractivity contribution in [3.05, 3.63) is 51.3 Å². The zero-order valence-electron chi connectivity index (χ0n) is 17.4. The second-order valence-electron chi connectivity index (χ2n) is 7.37. The second-order valence-corrected chi connectivity index (χ2v) is 10.2. The highest BCUT2D eigenvalue weighted by Gasteiger charge is 2.40. The van der Waals surface area contributed by atoms with E-state index in [1.165, 1.54) is 16.4 Å². The third kappa shape index (κ3) is 4.24. The third-order valence-electron chi connectivity index (χ3n) is 5.35. The van der Waals surface area contributed by atoms with Gasteiger partial charge in [0.2, 0.25) is 10.0 Å².